The number of aromatic nitrogens is 2. The van der Waals surface area contributed by atoms with Crippen LogP contribution in [0.3, 0.4) is 0 Å². The molecule has 1 aromatic rings. The van der Waals surface area contributed by atoms with Crippen molar-refractivity contribution >= 4 is 26.3 Å². The van der Waals surface area contributed by atoms with Gasteiger partial charge in [0, 0.05) is 26.3 Å². The minimum atomic E-state index is -3.31. The maximum Gasteiger partial charge on any atom is 0.234 e. The van der Waals surface area contributed by atoms with Gasteiger partial charge in [-0.2, -0.15) is 0 Å². The SMILES string of the molecule is O=S(=O)(CC1CCOCC1)c1nnc(N2CCCC2)s1. The molecule has 8 heteroatoms. The molecule has 0 unspecified atom stereocenters. The first-order valence-electron chi connectivity index (χ1n) is 7.04. The van der Waals surface area contributed by atoms with Crippen molar-refractivity contribution in [1.29, 1.82) is 0 Å². The Labute approximate surface area is 123 Å². The van der Waals surface area contributed by atoms with Crippen LogP contribution < -0.4 is 4.90 Å². The predicted octanol–water partition coefficient (Wildman–Crippen LogP) is 1.34. The van der Waals surface area contributed by atoms with Crippen LogP contribution in [0.1, 0.15) is 25.7 Å². The lowest BCUT2D eigenvalue weighted by atomic mass is 10.0. The van der Waals surface area contributed by atoms with Gasteiger partial charge in [-0.15, -0.1) is 10.2 Å². The molecule has 20 heavy (non-hydrogen) atoms. The molecular weight excluding hydrogens is 298 g/mol. The molecule has 0 spiro atoms. The van der Waals surface area contributed by atoms with Crippen LogP contribution in [0.5, 0.6) is 0 Å². The van der Waals surface area contributed by atoms with Gasteiger partial charge >= 0.3 is 0 Å². The van der Waals surface area contributed by atoms with Crippen LogP contribution in [0.2, 0.25) is 0 Å². The van der Waals surface area contributed by atoms with E-state index < -0.39 is 9.84 Å². The highest BCUT2D eigenvalue weighted by molar-refractivity contribution is 7.93. The van der Waals surface area contributed by atoms with Gasteiger partial charge in [-0.25, -0.2) is 8.42 Å². The number of ether oxygens (including phenoxy) is 1. The van der Waals surface area contributed by atoms with Crippen LogP contribution in [0.25, 0.3) is 0 Å². The average molecular weight is 317 g/mol. The zero-order valence-electron chi connectivity index (χ0n) is 11.3. The van der Waals surface area contributed by atoms with Crippen LogP contribution in [-0.4, -0.2) is 50.7 Å². The van der Waals surface area contributed by atoms with Gasteiger partial charge in [-0.1, -0.05) is 11.3 Å². The minimum absolute atomic E-state index is 0.172. The van der Waals surface area contributed by atoms with Gasteiger partial charge in [0.25, 0.3) is 0 Å². The van der Waals surface area contributed by atoms with Gasteiger partial charge in [0.2, 0.25) is 19.3 Å². The van der Waals surface area contributed by atoms with Crippen molar-refractivity contribution < 1.29 is 13.2 Å². The standard InChI is InChI=1S/C12H19N3O3S2/c16-20(17,9-10-3-7-18-8-4-10)12-14-13-11(19-12)15-5-1-2-6-15/h10H,1-9H2. The highest BCUT2D eigenvalue weighted by Gasteiger charge is 2.27. The van der Waals surface area contributed by atoms with Gasteiger partial charge in [0.15, 0.2) is 0 Å². The number of nitrogens with zero attached hydrogens (tertiary/aromatic N) is 3. The Morgan fingerprint density at radius 3 is 2.60 bits per heavy atom. The van der Waals surface area contributed by atoms with Crippen LogP contribution in [0, 0.1) is 5.92 Å². The molecule has 1 aromatic heterocycles. The molecule has 112 valence electrons. The smallest absolute Gasteiger partial charge is 0.234 e. The van der Waals surface area contributed by atoms with Gasteiger partial charge in [-0.05, 0) is 31.6 Å². The number of anilines is 1. The molecule has 0 radical (unpaired) electrons. The quantitative estimate of drug-likeness (QED) is 0.834. The fraction of sp³-hybridized carbons (Fsp3) is 0.833. The maximum atomic E-state index is 12.4. The zero-order valence-corrected chi connectivity index (χ0v) is 13.0. The van der Waals surface area contributed by atoms with Crippen molar-refractivity contribution in [1.82, 2.24) is 10.2 Å². The topological polar surface area (TPSA) is 72.4 Å². The first kappa shape index (κ1) is 14.2. The van der Waals surface area contributed by atoms with Crippen molar-refractivity contribution in [2.45, 2.75) is 30.0 Å². The molecule has 0 bridgehead atoms. The third-order valence-electron chi connectivity index (χ3n) is 3.83. The third-order valence-corrected chi connectivity index (χ3v) is 7.15. The summed E-state index contributed by atoms with van der Waals surface area (Å²) in [7, 11) is -3.31. The van der Waals surface area contributed by atoms with Gasteiger partial charge in [-0.3, -0.25) is 0 Å². The minimum Gasteiger partial charge on any atom is -0.381 e. The lowest BCUT2D eigenvalue weighted by Gasteiger charge is -2.20. The lowest BCUT2D eigenvalue weighted by Crippen LogP contribution is -2.23. The molecule has 3 heterocycles. The number of hydrogen-bond acceptors (Lipinski definition) is 7. The highest BCUT2D eigenvalue weighted by Crippen LogP contribution is 2.29. The summed E-state index contributed by atoms with van der Waals surface area (Å²) < 4.78 is 30.2. The lowest BCUT2D eigenvalue weighted by molar-refractivity contribution is 0.0723. The third kappa shape index (κ3) is 3.12. The Kier molecular flexibility index (Phi) is 4.23. The van der Waals surface area contributed by atoms with Crippen molar-refractivity contribution in [2.24, 2.45) is 5.92 Å². The van der Waals surface area contributed by atoms with Crippen molar-refractivity contribution in [3.8, 4) is 0 Å². The first-order chi connectivity index (χ1) is 9.65. The number of rotatable bonds is 4. The molecule has 0 aliphatic carbocycles. The van der Waals surface area contributed by atoms with E-state index in [1.165, 1.54) is 11.3 Å². The van der Waals surface area contributed by atoms with Gasteiger partial charge in [0.05, 0.1) is 5.75 Å². The summed E-state index contributed by atoms with van der Waals surface area (Å²) in [4.78, 5) is 2.12. The highest BCUT2D eigenvalue weighted by atomic mass is 32.2. The van der Waals surface area contributed by atoms with E-state index in [9.17, 15) is 8.42 Å². The molecular formula is C12H19N3O3S2. The van der Waals surface area contributed by atoms with Crippen molar-refractivity contribution in [3.05, 3.63) is 0 Å². The van der Waals surface area contributed by atoms with Gasteiger partial charge < -0.3 is 9.64 Å². The predicted molar refractivity (Wildman–Crippen MR) is 77.0 cm³/mol. The Hall–Kier alpha value is -0.730. The molecule has 0 atom stereocenters. The van der Waals surface area contributed by atoms with E-state index in [2.05, 4.69) is 15.1 Å². The number of hydrogen-bond donors (Lipinski definition) is 0. The summed E-state index contributed by atoms with van der Waals surface area (Å²) in [6.45, 7) is 3.23. The summed E-state index contributed by atoms with van der Waals surface area (Å²) in [6, 6.07) is 0. The molecule has 0 aromatic carbocycles. The Bertz CT molecular complexity index is 546. The van der Waals surface area contributed by atoms with Crippen LogP contribution >= 0.6 is 11.3 Å². The number of sulfone groups is 1. The normalized spacial score (nSPS) is 21.5. The molecule has 6 nitrogen and oxygen atoms in total. The Morgan fingerprint density at radius 2 is 1.90 bits per heavy atom. The maximum absolute atomic E-state index is 12.4. The van der Waals surface area contributed by atoms with E-state index in [-0.39, 0.29) is 16.0 Å². The van der Waals surface area contributed by atoms with E-state index in [0.29, 0.717) is 13.2 Å². The molecule has 2 fully saturated rings. The van der Waals surface area contributed by atoms with Crippen LogP contribution in [0.15, 0.2) is 4.34 Å². The van der Waals surface area contributed by atoms with Crippen molar-refractivity contribution in [3.63, 3.8) is 0 Å². The largest absolute Gasteiger partial charge is 0.381 e. The van der Waals surface area contributed by atoms with E-state index >= 15 is 0 Å². The molecule has 0 saturated carbocycles. The molecule has 2 saturated heterocycles. The van der Waals surface area contributed by atoms with Gasteiger partial charge in [0.1, 0.15) is 0 Å². The summed E-state index contributed by atoms with van der Waals surface area (Å²) >= 11 is 1.21. The molecule has 2 aliphatic heterocycles. The molecule has 0 N–H and O–H groups in total. The Balaban J connectivity index is 1.70. The fourth-order valence-electron chi connectivity index (χ4n) is 2.66. The Morgan fingerprint density at radius 1 is 1.20 bits per heavy atom. The summed E-state index contributed by atoms with van der Waals surface area (Å²) in [5.74, 6) is 0.359. The summed E-state index contributed by atoms with van der Waals surface area (Å²) in [5, 5.41) is 8.70. The second-order valence-corrected chi connectivity index (χ2v) is 8.55. The van der Waals surface area contributed by atoms with E-state index in [0.717, 1.165) is 43.9 Å². The first-order valence-corrected chi connectivity index (χ1v) is 9.51. The molecule has 3 rings (SSSR count). The van der Waals surface area contributed by atoms with E-state index in [1.807, 2.05) is 0 Å². The average Bonchev–Trinajstić information content (AvgIpc) is 3.11. The van der Waals surface area contributed by atoms with E-state index in [4.69, 9.17) is 4.74 Å². The summed E-state index contributed by atoms with van der Waals surface area (Å²) in [6.07, 6.45) is 3.92. The summed E-state index contributed by atoms with van der Waals surface area (Å²) in [5.41, 5.74) is 0. The van der Waals surface area contributed by atoms with Crippen molar-refractivity contribution in [2.75, 3.05) is 37.0 Å². The second-order valence-electron chi connectivity index (χ2n) is 5.38. The molecule has 2 aliphatic rings. The second kappa shape index (κ2) is 5.95. The zero-order chi connectivity index (χ0) is 14.0. The monoisotopic (exact) mass is 317 g/mol. The van der Waals surface area contributed by atoms with Crippen LogP contribution in [0.4, 0.5) is 5.13 Å². The fourth-order valence-corrected chi connectivity index (χ4v) is 5.49. The van der Waals surface area contributed by atoms with Crippen LogP contribution in [-0.2, 0) is 14.6 Å². The molecule has 0 amide bonds. The van der Waals surface area contributed by atoms with E-state index in [1.54, 1.807) is 0 Å².